The van der Waals surface area contributed by atoms with E-state index in [0.717, 1.165) is 39.0 Å². The van der Waals surface area contributed by atoms with Crippen LogP contribution in [0, 0.1) is 18.2 Å². The molecule has 1 N–H and O–H groups in total. The van der Waals surface area contributed by atoms with Crippen LogP contribution >= 0.6 is 12.4 Å². The van der Waals surface area contributed by atoms with Gasteiger partial charge in [-0.1, -0.05) is 0 Å². The van der Waals surface area contributed by atoms with Gasteiger partial charge in [0.2, 0.25) is 0 Å². The van der Waals surface area contributed by atoms with Crippen molar-refractivity contribution in [2.45, 2.75) is 19.8 Å². The molecule has 0 aromatic heterocycles. The van der Waals surface area contributed by atoms with Crippen molar-refractivity contribution in [3.8, 4) is 0 Å². The Bertz CT molecular complexity index is 515. The van der Waals surface area contributed by atoms with E-state index in [1.807, 2.05) is 4.90 Å². The standard InChI is InChI=1S/C15H19FN2O.ClH/c1-11-8-12(2-3-13(11)16)14(19)18-7-5-15(10-18)4-6-17-9-15;/h2-3,8,17H,4-7,9-10H2,1H3;1H. The molecule has 1 spiro atoms. The van der Waals surface area contributed by atoms with Crippen LogP contribution in [0.1, 0.15) is 28.8 Å². The van der Waals surface area contributed by atoms with Crippen LogP contribution < -0.4 is 5.32 Å². The van der Waals surface area contributed by atoms with E-state index in [4.69, 9.17) is 0 Å². The lowest BCUT2D eigenvalue weighted by atomic mass is 9.86. The first kappa shape index (κ1) is 15.3. The predicted octanol–water partition coefficient (Wildman–Crippen LogP) is 2.38. The molecule has 0 saturated carbocycles. The highest BCUT2D eigenvalue weighted by molar-refractivity contribution is 5.94. The number of amides is 1. The molecule has 2 aliphatic rings. The van der Waals surface area contributed by atoms with Crippen LogP contribution in [-0.2, 0) is 0 Å². The van der Waals surface area contributed by atoms with Gasteiger partial charge in [0.05, 0.1) is 0 Å². The molecule has 5 heteroatoms. The minimum atomic E-state index is -0.255. The van der Waals surface area contributed by atoms with Gasteiger partial charge in [-0.3, -0.25) is 4.79 Å². The van der Waals surface area contributed by atoms with E-state index >= 15 is 0 Å². The van der Waals surface area contributed by atoms with Crippen molar-refractivity contribution in [3.63, 3.8) is 0 Å². The molecule has 0 bridgehead atoms. The number of carbonyl (C=O) groups excluding carboxylic acids is 1. The molecule has 1 aromatic carbocycles. The molecule has 110 valence electrons. The lowest BCUT2D eigenvalue weighted by Crippen LogP contribution is -2.33. The molecule has 3 rings (SSSR count). The van der Waals surface area contributed by atoms with Crippen LogP contribution in [0.25, 0.3) is 0 Å². The zero-order valence-electron chi connectivity index (χ0n) is 11.6. The van der Waals surface area contributed by atoms with Gasteiger partial charge in [0, 0.05) is 30.6 Å². The largest absolute Gasteiger partial charge is 0.338 e. The minimum Gasteiger partial charge on any atom is -0.338 e. The molecule has 1 amide bonds. The molecular weight excluding hydrogens is 279 g/mol. The molecule has 2 aliphatic heterocycles. The topological polar surface area (TPSA) is 32.3 Å². The second-order valence-electron chi connectivity index (χ2n) is 5.87. The number of aryl methyl sites for hydroxylation is 1. The molecule has 1 unspecified atom stereocenters. The summed E-state index contributed by atoms with van der Waals surface area (Å²) in [6.45, 7) is 5.40. The van der Waals surface area contributed by atoms with Crippen LogP contribution in [0.4, 0.5) is 4.39 Å². The predicted molar refractivity (Wildman–Crippen MR) is 78.8 cm³/mol. The average Bonchev–Trinajstić information content (AvgIpc) is 3.03. The van der Waals surface area contributed by atoms with Crippen molar-refractivity contribution >= 4 is 18.3 Å². The molecule has 1 atom stereocenters. The quantitative estimate of drug-likeness (QED) is 0.863. The SMILES string of the molecule is Cc1cc(C(=O)N2CCC3(CCNC3)C2)ccc1F.Cl. The van der Waals surface area contributed by atoms with Crippen LogP contribution in [0.2, 0.25) is 0 Å². The fraction of sp³-hybridized carbons (Fsp3) is 0.533. The minimum absolute atomic E-state index is 0. The molecule has 2 fully saturated rings. The zero-order valence-corrected chi connectivity index (χ0v) is 12.4. The summed E-state index contributed by atoms with van der Waals surface area (Å²) < 4.78 is 13.2. The van der Waals surface area contributed by atoms with Gasteiger partial charge in [-0.2, -0.15) is 0 Å². The van der Waals surface area contributed by atoms with E-state index in [9.17, 15) is 9.18 Å². The van der Waals surface area contributed by atoms with Gasteiger partial charge in [-0.15, -0.1) is 12.4 Å². The number of carbonyl (C=O) groups is 1. The lowest BCUT2D eigenvalue weighted by molar-refractivity contribution is 0.0775. The summed E-state index contributed by atoms with van der Waals surface area (Å²) in [4.78, 5) is 14.3. The summed E-state index contributed by atoms with van der Waals surface area (Å²) >= 11 is 0. The highest BCUT2D eigenvalue weighted by atomic mass is 35.5. The van der Waals surface area contributed by atoms with Gasteiger partial charge < -0.3 is 10.2 Å². The fourth-order valence-electron chi connectivity index (χ4n) is 3.21. The number of likely N-dealkylation sites (tertiary alicyclic amines) is 1. The molecular formula is C15H20ClFN2O. The third kappa shape index (κ3) is 2.67. The molecule has 0 aliphatic carbocycles. The summed E-state index contributed by atoms with van der Waals surface area (Å²) in [7, 11) is 0. The van der Waals surface area contributed by atoms with Crippen molar-refractivity contribution in [2.75, 3.05) is 26.2 Å². The van der Waals surface area contributed by atoms with E-state index in [1.165, 1.54) is 6.07 Å². The Kier molecular flexibility index (Phi) is 4.35. The normalized spacial score (nSPS) is 25.0. The van der Waals surface area contributed by atoms with Crippen LogP contribution in [0.5, 0.6) is 0 Å². The summed E-state index contributed by atoms with van der Waals surface area (Å²) in [5, 5.41) is 3.38. The first-order chi connectivity index (χ1) is 9.10. The van der Waals surface area contributed by atoms with E-state index in [2.05, 4.69) is 5.32 Å². The molecule has 1 aromatic rings. The first-order valence-corrected chi connectivity index (χ1v) is 6.86. The third-order valence-corrected chi connectivity index (χ3v) is 4.46. The second kappa shape index (κ2) is 5.70. The van der Waals surface area contributed by atoms with Gasteiger partial charge in [0.1, 0.15) is 5.82 Å². The number of hydrogen-bond donors (Lipinski definition) is 1. The van der Waals surface area contributed by atoms with Gasteiger partial charge in [-0.05, 0) is 50.1 Å². The van der Waals surface area contributed by atoms with Crippen LogP contribution in [0.3, 0.4) is 0 Å². The number of benzene rings is 1. The fourth-order valence-corrected chi connectivity index (χ4v) is 3.21. The number of nitrogens with one attached hydrogen (secondary N) is 1. The van der Waals surface area contributed by atoms with Crippen molar-refractivity contribution in [3.05, 3.63) is 35.1 Å². The van der Waals surface area contributed by atoms with Crippen molar-refractivity contribution in [2.24, 2.45) is 5.41 Å². The summed E-state index contributed by atoms with van der Waals surface area (Å²) in [5.41, 5.74) is 1.41. The molecule has 2 heterocycles. The Balaban J connectivity index is 0.00000147. The van der Waals surface area contributed by atoms with Crippen molar-refractivity contribution < 1.29 is 9.18 Å². The van der Waals surface area contributed by atoms with E-state index in [1.54, 1.807) is 19.1 Å². The lowest BCUT2D eigenvalue weighted by Gasteiger charge is -2.22. The number of hydrogen-bond acceptors (Lipinski definition) is 2. The Morgan fingerprint density at radius 2 is 2.20 bits per heavy atom. The van der Waals surface area contributed by atoms with Crippen LogP contribution in [0.15, 0.2) is 18.2 Å². The smallest absolute Gasteiger partial charge is 0.253 e. The van der Waals surface area contributed by atoms with Gasteiger partial charge in [-0.25, -0.2) is 4.39 Å². The average molecular weight is 299 g/mol. The maximum Gasteiger partial charge on any atom is 0.253 e. The Hall–Kier alpha value is -1.13. The monoisotopic (exact) mass is 298 g/mol. The maximum absolute atomic E-state index is 13.2. The maximum atomic E-state index is 13.2. The summed E-state index contributed by atoms with van der Waals surface area (Å²) in [5.74, 6) is -0.221. The third-order valence-electron chi connectivity index (χ3n) is 4.46. The Morgan fingerprint density at radius 1 is 1.40 bits per heavy atom. The van der Waals surface area contributed by atoms with Crippen molar-refractivity contribution in [1.29, 1.82) is 0 Å². The van der Waals surface area contributed by atoms with E-state index < -0.39 is 0 Å². The Morgan fingerprint density at radius 3 is 2.85 bits per heavy atom. The first-order valence-electron chi connectivity index (χ1n) is 6.86. The molecule has 3 nitrogen and oxygen atoms in total. The summed E-state index contributed by atoms with van der Waals surface area (Å²) in [6.07, 6.45) is 2.23. The number of nitrogens with zero attached hydrogens (tertiary/aromatic N) is 1. The molecule has 2 saturated heterocycles. The van der Waals surface area contributed by atoms with E-state index in [-0.39, 0.29) is 29.5 Å². The highest BCUT2D eigenvalue weighted by Gasteiger charge is 2.41. The second-order valence-corrected chi connectivity index (χ2v) is 5.87. The van der Waals surface area contributed by atoms with Gasteiger partial charge >= 0.3 is 0 Å². The molecule has 20 heavy (non-hydrogen) atoms. The Labute approximate surface area is 124 Å². The zero-order chi connectivity index (χ0) is 13.5. The molecule has 0 radical (unpaired) electrons. The highest BCUT2D eigenvalue weighted by Crippen LogP contribution is 2.36. The number of rotatable bonds is 1. The van der Waals surface area contributed by atoms with Gasteiger partial charge in [0.25, 0.3) is 5.91 Å². The van der Waals surface area contributed by atoms with Gasteiger partial charge in [0.15, 0.2) is 0 Å². The van der Waals surface area contributed by atoms with Crippen LogP contribution in [-0.4, -0.2) is 37.0 Å². The summed E-state index contributed by atoms with van der Waals surface area (Å²) in [6, 6.07) is 4.61. The number of halogens is 2. The van der Waals surface area contributed by atoms with Crippen molar-refractivity contribution in [1.82, 2.24) is 10.2 Å². The van der Waals surface area contributed by atoms with E-state index in [0.29, 0.717) is 11.1 Å².